The first-order chi connectivity index (χ1) is 11.8. The maximum absolute atomic E-state index is 13.2. The molecule has 0 bridgehead atoms. The van der Waals surface area contributed by atoms with E-state index in [4.69, 9.17) is 4.74 Å². The number of methoxy groups -OCH3 is 1. The number of fused-ring (bicyclic) bond motifs is 1. The summed E-state index contributed by atoms with van der Waals surface area (Å²) < 4.78 is 5.13. The average molecular weight is 342 g/mol. The van der Waals surface area contributed by atoms with Gasteiger partial charge in [0.05, 0.1) is 12.6 Å². The lowest BCUT2D eigenvalue weighted by molar-refractivity contribution is 0.0632. The Hall–Kier alpha value is -1.72. The van der Waals surface area contributed by atoms with E-state index >= 15 is 0 Å². The molecule has 2 aliphatic carbocycles. The number of rotatable bonds is 5. The van der Waals surface area contributed by atoms with E-state index in [0.717, 1.165) is 37.1 Å². The first kappa shape index (κ1) is 15.8. The van der Waals surface area contributed by atoms with Crippen molar-refractivity contribution in [1.29, 1.82) is 0 Å². The number of thiazole rings is 1. The van der Waals surface area contributed by atoms with Crippen molar-refractivity contribution >= 4 is 17.2 Å². The monoisotopic (exact) mass is 342 g/mol. The predicted octanol–water partition coefficient (Wildman–Crippen LogP) is 3.97. The summed E-state index contributed by atoms with van der Waals surface area (Å²) in [5, 5.41) is 2.74. The fourth-order valence-electron chi connectivity index (χ4n) is 3.66. The molecule has 2 aromatic rings. The molecule has 1 heterocycles. The van der Waals surface area contributed by atoms with Crippen molar-refractivity contribution < 1.29 is 9.53 Å². The first-order valence-electron chi connectivity index (χ1n) is 8.61. The first-order valence-corrected chi connectivity index (χ1v) is 9.49. The third-order valence-electron chi connectivity index (χ3n) is 4.89. The van der Waals surface area contributed by atoms with Gasteiger partial charge in [-0.15, -0.1) is 11.3 Å². The van der Waals surface area contributed by atoms with E-state index in [1.165, 1.54) is 22.5 Å². The quantitative estimate of drug-likeness (QED) is 0.825. The number of aryl methyl sites for hydroxylation is 1. The van der Waals surface area contributed by atoms with Gasteiger partial charge >= 0.3 is 0 Å². The topological polar surface area (TPSA) is 42.4 Å². The van der Waals surface area contributed by atoms with Crippen LogP contribution in [-0.4, -0.2) is 28.9 Å². The summed E-state index contributed by atoms with van der Waals surface area (Å²) in [6.45, 7) is 0.466. The van der Waals surface area contributed by atoms with Crippen molar-refractivity contribution in [1.82, 2.24) is 9.88 Å². The molecular formula is C19H22N2O2S. The van der Waals surface area contributed by atoms with Gasteiger partial charge in [0.2, 0.25) is 0 Å². The molecular weight excluding hydrogens is 320 g/mol. The number of ether oxygens (including phenoxy) is 1. The molecule has 126 valence electrons. The molecule has 1 aromatic heterocycles. The van der Waals surface area contributed by atoms with Crippen molar-refractivity contribution in [3.05, 3.63) is 51.5 Å². The van der Waals surface area contributed by atoms with Crippen LogP contribution in [0.4, 0.5) is 0 Å². The molecule has 1 amide bonds. The minimum atomic E-state index is 0.0813. The summed E-state index contributed by atoms with van der Waals surface area (Å²) >= 11 is 1.50. The zero-order valence-electron chi connectivity index (χ0n) is 13.9. The van der Waals surface area contributed by atoms with Crippen LogP contribution < -0.4 is 0 Å². The second kappa shape index (κ2) is 6.65. The van der Waals surface area contributed by atoms with Gasteiger partial charge in [0.15, 0.2) is 0 Å². The lowest BCUT2D eigenvalue weighted by Crippen LogP contribution is -2.38. The van der Waals surface area contributed by atoms with E-state index in [1.54, 1.807) is 7.11 Å². The molecule has 5 heteroatoms. The van der Waals surface area contributed by atoms with Gasteiger partial charge in [-0.2, -0.15) is 0 Å². The molecule has 0 aliphatic heterocycles. The zero-order chi connectivity index (χ0) is 16.5. The van der Waals surface area contributed by atoms with Crippen molar-refractivity contribution in [2.24, 2.45) is 0 Å². The Morgan fingerprint density at radius 1 is 1.33 bits per heavy atom. The molecule has 0 saturated heterocycles. The highest BCUT2D eigenvalue weighted by molar-refractivity contribution is 7.09. The number of hydrogen-bond acceptors (Lipinski definition) is 4. The third kappa shape index (κ3) is 2.98. The van der Waals surface area contributed by atoms with Gasteiger partial charge in [0.25, 0.3) is 5.91 Å². The minimum Gasteiger partial charge on any atom is -0.378 e. The predicted molar refractivity (Wildman–Crippen MR) is 94.1 cm³/mol. The Morgan fingerprint density at radius 3 is 2.96 bits per heavy atom. The molecule has 1 fully saturated rings. The number of amides is 1. The van der Waals surface area contributed by atoms with Crippen LogP contribution in [0.15, 0.2) is 29.6 Å². The van der Waals surface area contributed by atoms with Gasteiger partial charge in [0, 0.05) is 18.5 Å². The molecule has 0 unspecified atom stereocenters. The smallest absolute Gasteiger partial charge is 0.274 e. The average Bonchev–Trinajstić information content (AvgIpc) is 3.33. The van der Waals surface area contributed by atoms with Crippen LogP contribution in [0.5, 0.6) is 0 Å². The second-order valence-electron chi connectivity index (χ2n) is 6.61. The second-order valence-corrected chi connectivity index (χ2v) is 7.55. The molecule has 1 saturated carbocycles. The van der Waals surface area contributed by atoms with Gasteiger partial charge in [-0.1, -0.05) is 24.3 Å². The van der Waals surface area contributed by atoms with Crippen LogP contribution >= 0.6 is 11.3 Å². The molecule has 0 radical (unpaired) electrons. The van der Waals surface area contributed by atoms with Crippen molar-refractivity contribution in [2.75, 3.05) is 7.11 Å². The fraction of sp³-hybridized carbons (Fsp3) is 0.474. The Bertz CT molecular complexity index is 738. The van der Waals surface area contributed by atoms with Crippen molar-refractivity contribution in [3.63, 3.8) is 0 Å². The number of nitrogens with zero attached hydrogens (tertiary/aromatic N) is 2. The fourth-order valence-corrected chi connectivity index (χ4v) is 4.40. The summed E-state index contributed by atoms with van der Waals surface area (Å²) in [4.78, 5) is 19.8. The Morgan fingerprint density at radius 2 is 2.17 bits per heavy atom. The highest BCUT2D eigenvalue weighted by Crippen LogP contribution is 2.41. The van der Waals surface area contributed by atoms with E-state index in [2.05, 4.69) is 34.1 Å². The van der Waals surface area contributed by atoms with E-state index in [0.29, 0.717) is 18.3 Å². The molecule has 1 atom stereocenters. The molecule has 0 N–H and O–H groups in total. The van der Waals surface area contributed by atoms with Gasteiger partial charge in [-0.3, -0.25) is 4.79 Å². The Labute approximate surface area is 146 Å². The summed E-state index contributed by atoms with van der Waals surface area (Å²) in [6, 6.07) is 9.16. The van der Waals surface area contributed by atoms with E-state index in [-0.39, 0.29) is 11.9 Å². The number of aromatic nitrogens is 1. The highest BCUT2D eigenvalue weighted by Gasteiger charge is 2.40. The van der Waals surface area contributed by atoms with Crippen LogP contribution in [0, 0.1) is 0 Å². The van der Waals surface area contributed by atoms with Crippen LogP contribution in [0.2, 0.25) is 0 Å². The maximum atomic E-state index is 13.2. The van der Waals surface area contributed by atoms with Crippen LogP contribution in [0.25, 0.3) is 0 Å². The molecule has 24 heavy (non-hydrogen) atoms. The zero-order valence-corrected chi connectivity index (χ0v) is 14.7. The molecule has 4 nitrogen and oxygen atoms in total. The number of benzene rings is 1. The van der Waals surface area contributed by atoms with Crippen LogP contribution in [-0.2, 0) is 17.8 Å². The number of carbonyl (C=O) groups excluding carboxylic acids is 1. The molecule has 4 rings (SSSR count). The lowest BCUT2D eigenvalue weighted by atomic mass is 9.86. The van der Waals surface area contributed by atoms with E-state index < -0.39 is 0 Å². The lowest BCUT2D eigenvalue weighted by Gasteiger charge is -2.36. The summed E-state index contributed by atoms with van der Waals surface area (Å²) in [6.07, 6.45) is 5.53. The molecule has 2 aliphatic rings. The van der Waals surface area contributed by atoms with Crippen LogP contribution in [0.3, 0.4) is 0 Å². The molecule has 1 aromatic carbocycles. The summed E-state index contributed by atoms with van der Waals surface area (Å²) in [7, 11) is 1.65. The number of carbonyl (C=O) groups is 1. The normalized spacial score (nSPS) is 19.8. The van der Waals surface area contributed by atoms with Gasteiger partial charge in [-0.25, -0.2) is 4.98 Å². The van der Waals surface area contributed by atoms with Gasteiger partial charge < -0.3 is 9.64 Å². The van der Waals surface area contributed by atoms with E-state index in [1.807, 2.05) is 5.38 Å². The Kier molecular flexibility index (Phi) is 4.37. The van der Waals surface area contributed by atoms with E-state index in [9.17, 15) is 4.79 Å². The third-order valence-corrected chi connectivity index (χ3v) is 5.71. The van der Waals surface area contributed by atoms with Crippen molar-refractivity contribution in [3.8, 4) is 0 Å². The standard InChI is InChI=1S/C19H22N2O2S/c1-23-11-18-20-16(12-24-18)19(22)21(14-9-10-14)17-8-4-6-13-5-2-3-7-15(13)17/h2-3,5,7,12,14,17H,4,6,8-11H2,1H3/t17-/m0/s1. The maximum Gasteiger partial charge on any atom is 0.274 e. The van der Waals surface area contributed by atoms with Crippen molar-refractivity contribution in [2.45, 2.75) is 50.8 Å². The van der Waals surface area contributed by atoms with Gasteiger partial charge in [0.1, 0.15) is 10.7 Å². The Balaban J connectivity index is 1.64. The number of hydrogen-bond donors (Lipinski definition) is 0. The molecule has 0 spiro atoms. The highest BCUT2D eigenvalue weighted by atomic mass is 32.1. The largest absolute Gasteiger partial charge is 0.378 e. The summed E-state index contributed by atoms with van der Waals surface area (Å²) in [5.74, 6) is 0.0813. The van der Waals surface area contributed by atoms with Crippen LogP contribution in [0.1, 0.15) is 58.3 Å². The van der Waals surface area contributed by atoms with Gasteiger partial charge in [-0.05, 0) is 43.2 Å². The minimum absolute atomic E-state index is 0.0813. The summed E-state index contributed by atoms with van der Waals surface area (Å²) in [5.41, 5.74) is 3.30. The SMILES string of the molecule is COCc1nc(C(=O)N(C2CC2)[C@H]2CCCc3ccccc32)cs1.